The predicted octanol–water partition coefficient (Wildman–Crippen LogP) is 3.95. The standard InChI is InChI=1S/C21H25Cl2N3O3S/c1-15-6-7-19(16(2)14-15)30(28,29)26-12-10-25(11-13-26)9-8-20(27)24-21-17(22)4-3-5-18(21)23/h3-7,14H,8-13H2,1-2H3,(H,24,27). The lowest BCUT2D eigenvalue weighted by Gasteiger charge is -2.34. The zero-order chi connectivity index (χ0) is 21.9. The van der Waals surface area contributed by atoms with Gasteiger partial charge in [0.15, 0.2) is 0 Å². The Morgan fingerprint density at radius 2 is 1.67 bits per heavy atom. The molecule has 1 aliphatic rings. The number of hydrogen-bond acceptors (Lipinski definition) is 4. The van der Waals surface area contributed by atoms with Crippen LogP contribution < -0.4 is 5.32 Å². The summed E-state index contributed by atoms with van der Waals surface area (Å²) in [6.45, 7) is 6.24. The Balaban J connectivity index is 1.52. The summed E-state index contributed by atoms with van der Waals surface area (Å²) in [6.07, 6.45) is 0.269. The first kappa shape index (κ1) is 23.0. The number of anilines is 1. The number of carbonyl (C=O) groups is 1. The van der Waals surface area contributed by atoms with E-state index in [2.05, 4.69) is 10.2 Å². The molecular formula is C21H25Cl2N3O3S. The minimum absolute atomic E-state index is 0.185. The first-order chi connectivity index (χ1) is 14.2. The van der Waals surface area contributed by atoms with Crippen LogP contribution in [0.5, 0.6) is 0 Å². The average Bonchev–Trinajstić information content (AvgIpc) is 2.69. The van der Waals surface area contributed by atoms with Crippen LogP contribution in [0, 0.1) is 13.8 Å². The molecule has 0 atom stereocenters. The van der Waals surface area contributed by atoms with Gasteiger partial charge >= 0.3 is 0 Å². The number of carbonyl (C=O) groups excluding carboxylic acids is 1. The molecule has 1 amide bonds. The number of amides is 1. The van der Waals surface area contributed by atoms with E-state index in [0.717, 1.165) is 11.1 Å². The lowest BCUT2D eigenvalue weighted by molar-refractivity contribution is -0.116. The molecule has 1 N–H and O–H groups in total. The minimum Gasteiger partial charge on any atom is -0.324 e. The third kappa shape index (κ3) is 5.34. The number of aryl methyl sites for hydroxylation is 2. The number of halogens is 2. The second-order valence-corrected chi connectivity index (χ2v) is 10.1. The van der Waals surface area contributed by atoms with Gasteiger partial charge in [0, 0.05) is 39.1 Å². The zero-order valence-electron chi connectivity index (χ0n) is 17.0. The molecule has 1 aliphatic heterocycles. The lowest BCUT2D eigenvalue weighted by Crippen LogP contribution is -2.49. The molecule has 162 valence electrons. The zero-order valence-corrected chi connectivity index (χ0v) is 19.3. The van der Waals surface area contributed by atoms with E-state index in [0.29, 0.717) is 53.4 Å². The molecule has 2 aromatic carbocycles. The highest BCUT2D eigenvalue weighted by Crippen LogP contribution is 2.30. The molecule has 0 saturated carbocycles. The second-order valence-electron chi connectivity index (χ2n) is 7.41. The molecule has 1 saturated heterocycles. The number of nitrogens with zero attached hydrogens (tertiary/aromatic N) is 2. The van der Waals surface area contributed by atoms with Gasteiger partial charge in [0.05, 0.1) is 20.6 Å². The van der Waals surface area contributed by atoms with Gasteiger partial charge in [-0.2, -0.15) is 4.31 Å². The predicted molar refractivity (Wildman–Crippen MR) is 121 cm³/mol. The van der Waals surface area contributed by atoms with Crippen LogP contribution in [-0.4, -0.2) is 56.3 Å². The summed E-state index contributed by atoms with van der Waals surface area (Å²) < 4.78 is 27.5. The summed E-state index contributed by atoms with van der Waals surface area (Å²) in [4.78, 5) is 14.7. The third-order valence-electron chi connectivity index (χ3n) is 5.16. The maximum atomic E-state index is 13.0. The van der Waals surface area contributed by atoms with Crippen LogP contribution >= 0.6 is 23.2 Å². The summed E-state index contributed by atoms with van der Waals surface area (Å²) >= 11 is 12.2. The van der Waals surface area contributed by atoms with E-state index in [1.165, 1.54) is 4.31 Å². The Hall–Kier alpha value is -1.64. The van der Waals surface area contributed by atoms with Crippen LogP contribution in [0.3, 0.4) is 0 Å². The Bertz CT molecular complexity index is 1020. The van der Waals surface area contributed by atoms with Crippen molar-refractivity contribution in [1.82, 2.24) is 9.21 Å². The third-order valence-corrected chi connectivity index (χ3v) is 7.85. The molecule has 0 aliphatic carbocycles. The fraction of sp³-hybridized carbons (Fsp3) is 0.381. The van der Waals surface area contributed by atoms with Crippen LogP contribution in [-0.2, 0) is 14.8 Å². The molecule has 3 rings (SSSR count). The van der Waals surface area contributed by atoms with E-state index < -0.39 is 10.0 Å². The molecule has 0 aromatic heterocycles. The Labute approximate surface area is 187 Å². The van der Waals surface area contributed by atoms with E-state index in [-0.39, 0.29) is 12.3 Å². The summed E-state index contributed by atoms with van der Waals surface area (Å²) in [5, 5.41) is 3.53. The van der Waals surface area contributed by atoms with Gasteiger partial charge in [0.25, 0.3) is 0 Å². The molecule has 9 heteroatoms. The molecule has 30 heavy (non-hydrogen) atoms. The van der Waals surface area contributed by atoms with Crippen LogP contribution in [0.4, 0.5) is 5.69 Å². The fourth-order valence-electron chi connectivity index (χ4n) is 3.50. The molecule has 1 heterocycles. The second kappa shape index (κ2) is 9.66. The van der Waals surface area contributed by atoms with Crippen molar-refractivity contribution in [3.63, 3.8) is 0 Å². The fourth-order valence-corrected chi connectivity index (χ4v) is 5.62. The van der Waals surface area contributed by atoms with E-state index in [1.807, 2.05) is 26.0 Å². The number of nitrogens with one attached hydrogen (secondary N) is 1. The SMILES string of the molecule is Cc1ccc(S(=O)(=O)N2CCN(CCC(=O)Nc3c(Cl)cccc3Cl)CC2)c(C)c1. The lowest BCUT2D eigenvalue weighted by atomic mass is 10.2. The van der Waals surface area contributed by atoms with Gasteiger partial charge in [-0.25, -0.2) is 8.42 Å². The number of para-hydroxylation sites is 1. The summed E-state index contributed by atoms with van der Waals surface area (Å²) in [5.41, 5.74) is 2.20. The minimum atomic E-state index is -3.52. The van der Waals surface area contributed by atoms with E-state index in [9.17, 15) is 13.2 Å². The molecule has 0 radical (unpaired) electrons. The summed E-state index contributed by atoms with van der Waals surface area (Å²) in [6, 6.07) is 10.4. The largest absolute Gasteiger partial charge is 0.324 e. The molecular weight excluding hydrogens is 445 g/mol. The molecule has 0 bridgehead atoms. The Morgan fingerprint density at radius 1 is 1.03 bits per heavy atom. The number of rotatable bonds is 6. The smallest absolute Gasteiger partial charge is 0.243 e. The quantitative estimate of drug-likeness (QED) is 0.695. The van der Waals surface area contributed by atoms with Crippen LogP contribution in [0.15, 0.2) is 41.3 Å². The maximum absolute atomic E-state index is 13.0. The number of hydrogen-bond donors (Lipinski definition) is 1. The van der Waals surface area contributed by atoms with Crippen molar-refractivity contribution < 1.29 is 13.2 Å². The normalized spacial score (nSPS) is 15.9. The van der Waals surface area contributed by atoms with Gasteiger partial charge < -0.3 is 10.2 Å². The van der Waals surface area contributed by atoms with E-state index >= 15 is 0 Å². The van der Waals surface area contributed by atoms with Gasteiger partial charge in [-0.15, -0.1) is 0 Å². The highest BCUT2D eigenvalue weighted by molar-refractivity contribution is 7.89. The summed E-state index contributed by atoms with van der Waals surface area (Å²) in [5.74, 6) is -0.185. The van der Waals surface area contributed by atoms with Crippen molar-refractivity contribution in [2.24, 2.45) is 0 Å². The Morgan fingerprint density at radius 3 is 2.27 bits per heavy atom. The van der Waals surface area contributed by atoms with Crippen molar-refractivity contribution in [2.45, 2.75) is 25.2 Å². The molecule has 6 nitrogen and oxygen atoms in total. The van der Waals surface area contributed by atoms with Gasteiger partial charge in [0.1, 0.15) is 0 Å². The average molecular weight is 470 g/mol. The van der Waals surface area contributed by atoms with E-state index in [4.69, 9.17) is 23.2 Å². The van der Waals surface area contributed by atoms with Gasteiger partial charge in [-0.05, 0) is 37.6 Å². The van der Waals surface area contributed by atoms with Crippen molar-refractivity contribution in [3.8, 4) is 0 Å². The number of sulfonamides is 1. The van der Waals surface area contributed by atoms with Gasteiger partial charge in [-0.3, -0.25) is 4.79 Å². The van der Waals surface area contributed by atoms with Crippen molar-refractivity contribution >= 4 is 44.8 Å². The van der Waals surface area contributed by atoms with Gasteiger partial charge in [-0.1, -0.05) is 47.0 Å². The van der Waals surface area contributed by atoms with Crippen LogP contribution in [0.1, 0.15) is 17.5 Å². The van der Waals surface area contributed by atoms with Crippen LogP contribution in [0.25, 0.3) is 0 Å². The first-order valence-corrected chi connectivity index (χ1v) is 11.9. The molecule has 2 aromatic rings. The molecule has 0 spiro atoms. The van der Waals surface area contributed by atoms with Gasteiger partial charge in [0.2, 0.25) is 15.9 Å². The Kier molecular flexibility index (Phi) is 7.42. The number of benzene rings is 2. The topological polar surface area (TPSA) is 69.7 Å². The molecule has 0 unspecified atom stereocenters. The highest BCUT2D eigenvalue weighted by Gasteiger charge is 2.29. The first-order valence-electron chi connectivity index (χ1n) is 9.72. The van der Waals surface area contributed by atoms with Crippen LogP contribution in [0.2, 0.25) is 10.0 Å². The highest BCUT2D eigenvalue weighted by atomic mass is 35.5. The molecule has 1 fully saturated rings. The van der Waals surface area contributed by atoms with Crippen molar-refractivity contribution in [1.29, 1.82) is 0 Å². The van der Waals surface area contributed by atoms with Crippen molar-refractivity contribution in [2.75, 3.05) is 38.0 Å². The maximum Gasteiger partial charge on any atom is 0.243 e. The van der Waals surface area contributed by atoms with E-state index in [1.54, 1.807) is 24.3 Å². The monoisotopic (exact) mass is 469 g/mol. The number of piperazine rings is 1. The summed E-state index contributed by atoms with van der Waals surface area (Å²) in [7, 11) is -3.52. The van der Waals surface area contributed by atoms with Crippen molar-refractivity contribution in [3.05, 3.63) is 57.6 Å².